The molecule has 1 fully saturated rings. The average Bonchev–Trinajstić information content (AvgIpc) is 2.29. The fourth-order valence-corrected chi connectivity index (χ4v) is 2.30. The van der Waals surface area contributed by atoms with Crippen molar-refractivity contribution in [2.24, 2.45) is 11.1 Å². The lowest BCUT2D eigenvalue weighted by atomic mass is 9.91. The van der Waals surface area contributed by atoms with Gasteiger partial charge in [-0.2, -0.15) is 0 Å². The standard InChI is InChI=1S/C13H28N2O/c1-4-7-15(11-13(2,3)10-14)12-6-5-8-16-9-12/h12H,4-11,14H2,1-3H3. The highest BCUT2D eigenvalue weighted by Gasteiger charge is 2.26. The Morgan fingerprint density at radius 3 is 2.69 bits per heavy atom. The van der Waals surface area contributed by atoms with Crippen LogP contribution in [0.5, 0.6) is 0 Å². The molecule has 2 N–H and O–H groups in total. The topological polar surface area (TPSA) is 38.5 Å². The molecule has 0 aromatic rings. The van der Waals surface area contributed by atoms with Crippen molar-refractivity contribution in [2.75, 3.05) is 32.8 Å². The van der Waals surface area contributed by atoms with Crippen molar-refractivity contribution in [1.29, 1.82) is 0 Å². The van der Waals surface area contributed by atoms with E-state index < -0.39 is 0 Å². The molecule has 1 rings (SSSR count). The van der Waals surface area contributed by atoms with Crippen LogP contribution >= 0.6 is 0 Å². The van der Waals surface area contributed by atoms with Gasteiger partial charge in [0, 0.05) is 19.2 Å². The largest absolute Gasteiger partial charge is 0.380 e. The Kier molecular flexibility index (Phi) is 5.73. The van der Waals surface area contributed by atoms with Gasteiger partial charge in [0.1, 0.15) is 0 Å². The normalized spacial score (nSPS) is 22.7. The van der Waals surface area contributed by atoms with E-state index in [1.807, 2.05) is 0 Å². The molecule has 1 unspecified atom stereocenters. The van der Waals surface area contributed by atoms with Gasteiger partial charge in [-0.15, -0.1) is 0 Å². The van der Waals surface area contributed by atoms with Crippen LogP contribution in [0, 0.1) is 5.41 Å². The van der Waals surface area contributed by atoms with E-state index in [0.29, 0.717) is 6.04 Å². The van der Waals surface area contributed by atoms with E-state index in [2.05, 4.69) is 25.7 Å². The first-order valence-electron chi connectivity index (χ1n) is 6.61. The van der Waals surface area contributed by atoms with Crippen LogP contribution in [0.2, 0.25) is 0 Å². The molecule has 1 heterocycles. The van der Waals surface area contributed by atoms with Crippen molar-refractivity contribution >= 4 is 0 Å². The van der Waals surface area contributed by atoms with Crippen LogP contribution in [0.3, 0.4) is 0 Å². The maximum atomic E-state index is 5.82. The molecule has 16 heavy (non-hydrogen) atoms. The number of rotatable bonds is 6. The Labute approximate surface area is 100 Å². The highest BCUT2D eigenvalue weighted by molar-refractivity contribution is 4.81. The monoisotopic (exact) mass is 228 g/mol. The summed E-state index contributed by atoms with van der Waals surface area (Å²) in [6, 6.07) is 0.611. The molecule has 0 aromatic carbocycles. The molecule has 0 saturated carbocycles. The molecule has 1 saturated heterocycles. The van der Waals surface area contributed by atoms with E-state index in [1.165, 1.54) is 19.3 Å². The van der Waals surface area contributed by atoms with Gasteiger partial charge in [-0.25, -0.2) is 0 Å². The summed E-state index contributed by atoms with van der Waals surface area (Å²) in [5, 5.41) is 0. The van der Waals surface area contributed by atoms with Gasteiger partial charge in [-0.1, -0.05) is 20.8 Å². The van der Waals surface area contributed by atoms with Gasteiger partial charge in [-0.05, 0) is 37.8 Å². The molecule has 3 nitrogen and oxygen atoms in total. The molecular formula is C13H28N2O. The molecule has 0 bridgehead atoms. The van der Waals surface area contributed by atoms with E-state index >= 15 is 0 Å². The number of nitrogens with zero attached hydrogens (tertiary/aromatic N) is 1. The van der Waals surface area contributed by atoms with Crippen LogP contribution in [-0.4, -0.2) is 43.8 Å². The third kappa shape index (κ3) is 4.40. The summed E-state index contributed by atoms with van der Waals surface area (Å²) in [5.74, 6) is 0. The van der Waals surface area contributed by atoms with Gasteiger partial charge in [0.15, 0.2) is 0 Å². The first-order valence-corrected chi connectivity index (χ1v) is 6.61. The summed E-state index contributed by atoms with van der Waals surface area (Å²) >= 11 is 0. The predicted octanol–water partition coefficient (Wildman–Crippen LogP) is 1.86. The summed E-state index contributed by atoms with van der Waals surface area (Å²) < 4.78 is 5.58. The molecule has 0 spiro atoms. The van der Waals surface area contributed by atoms with E-state index in [4.69, 9.17) is 10.5 Å². The molecular weight excluding hydrogens is 200 g/mol. The average molecular weight is 228 g/mol. The quantitative estimate of drug-likeness (QED) is 0.754. The summed E-state index contributed by atoms with van der Waals surface area (Å²) in [6.45, 7) is 11.6. The second-order valence-electron chi connectivity index (χ2n) is 5.71. The molecule has 1 aliphatic rings. The maximum Gasteiger partial charge on any atom is 0.0621 e. The van der Waals surface area contributed by atoms with Crippen LogP contribution in [0.4, 0.5) is 0 Å². The molecule has 3 heteroatoms. The second-order valence-corrected chi connectivity index (χ2v) is 5.71. The van der Waals surface area contributed by atoms with Crippen molar-refractivity contribution in [3.05, 3.63) is 0 Å². The van der Waals surface area contributed by atoms with E-state index in [1.54, 1.807) is 0 Å². The van der Waals surface area contributed by atoms with Gasteiger partial charge in [0.25, 0.3) is 0 Å². The number of ether oxygens (including phenoxy) is 1. The number of hydrogen-bond acceptors (Lipinski definition) is 3. The predicted molar refractivity (Wildman–Crippen MR) is 68.5 cm³/mol. The molecule has 0 aliphatic carbocycles. The van der Waals surface area contributed by atoms with E-state index in [-0.39, 0.29) is 5.41 Å². The van der Waals surface area contributed by atoms with Gasteiger partial charge in [0.05, 0.1) is 6.61 Å². The first-order chi connectivity index (χ1) is 7.59. The Morgan fingerprint density at radius 2 is 2.19 bits per heavy atom. The van der Waals surface area contributed by atoms with Gasteiger partial charge < -0.3 is 10.5 Å². The summed E-state index contributed by atoms with van der Waals surface area (Å²) in [7, 11) is 0. The van der Waals surface area contributed by atoms with Gasteiger partial charge >= 0.3 is 0 Å². The van der Waals surface area contributed by atoms with Crippen LogP contribution in [0.15, 0.2) is 0 Å². The first kappa shape index (κ1) is 13.9. The Hall–Kier alpha value is -0.120. The smallest absolute Gasteiger partial charge is 0.0621 e. The zero-order valence-corrected chi connectivity index (χ0v) is 11.2. The zero-order chi connectivity index (χ0) is 12.0. The van der Waals surface area contributed by atoms with Gasteiger partial charge in [-0.3, -0.25) is 4.90 Å². The highest BCUT2D eigenvalue weighted by Crippen LogP contribution is 2.20. The lowest BCUT2D eigenvalue weighted by Gasteiger charge is -2.38. The van der Waals surface area contributed by atoms with Crippen molar-refractivity contribution in [1.82, 2.24) is 4.90 Å². The fraction of sp³-hybridized carbons (Fsp3) is 1.00. The third-order valence-electron chi connectivity index (χ3n) is 3.35. The van der Waals surface area contributed by atoms with Crippen LogP contribution < -0.4 is 5.73 Å². The summed E-state index contributed by atoms with van der Waals surface area (Å²) in [6.07, 6.45) is 3.69. The molecule has 0 amide bonds. The summed E-state index contributed by atoms with van der Waals surface area (Å²) in [5.41, 5.74) is 6.04. The van der Waals surface area contributed by atoms with Crippen molar-refractivity contribution in [2.45, 2.75) is 46.1 Å². The lowest BCUT2D eigenvalue weighted by molar-refractivity contribution is 0.00521. The third-order valence-corrected chi connectivity index (χ3v) is 3.35. The molecule has 0 radical (unpaired) electrons. The molecule has 96 valence electrons. The lowest BCUT2D eigenvalue weighted by Crippen LogP contribution is -2.47. The highest BCUT2D eigenvalue weighted by atomic mass is 16.5. The number of hydrogen-bond donors (Lipinski definition) is 1. The molecule has 1 aliphatic heterocycles. The van der Waals surface area contributed by atoms with E-state index in [9.17, 15) is 0 Å². The minimum atomic E-state index is 0.215. The van der Waals surface area contributed by atoms with Crippen molar-refractivity contribution in [3.63, 3.8) is 0 Å². The van der Waals surface area contributed by atoms with Crippen molar-refractivity contribution < 1.29 is 4.74 Å². The minimum absolute atomic E-state index is 0.215. The summed E-state index contributed by atoms with van der Waals surface area (Å²) in [4.78, 5) is 2.58. The van der Waals surface area contributed by atoms with Crippen LogP contribution in [-0.2, 0) is 4.74 Å². The Bertz CT molecular complexity index is 188. The maximum absolute atomic E-state index is 5.82. The molecule has 0 aromatic heterocycles. The van der Waals surface area contributed by atoms with Crippen LogP contribution in [0.1, 0.15) is 40.0 Å². The minimum Gasteiger partial charge on any atom is -0.380 e. The van der Waals surface area contributed by atoms with Crippen LogP contribution in [0.25, 0.3) is 0 Å². The second kappa shape index (κ2) is 6.58. The molecule has 1 atom stereocenters. The van der Waals surface area contributed by atoms with Gasteiger partial charge in [0.2, 0.25) is 0 Å². The Morgan fingerprint density at radius 1 is 1.44 bits per heavy atom. The van der Waals surface area contributed by atoms with E-state index in [0.717, 1.165) is 32.8 Å². The number of nitrogens with two attached hydrogens (primary N) is 1. The zero-order valence-electron chi connectivity index (χ0n) is 11.2. The Balaban J connectivity index is 2.51. The SMILES string of the molecule is CCCN(CC(C)(C)CN)C1CCCOC1. The van der Waals surface area contributed by atoms with Crippen molar-refractivity contribution in [3.8, 4) is 0 Å². The fourth-order valence-electron chi connectivity index (χ4n) is 2.30.